The molecule has 0 bridgehead atoms. The van der Waals surface area contributed by atoms with Crippen molar-refractivity contribution in [1.29, 1.82) is 0 Å². The third-order valence-corrected chi connectivity index (χ3v) is 1.91. The first kappa shape index (κ1) is 8.08. The summed E-state index contributed by atoms with van der Waals surface area (Å²) in [6.07, 6.45) is 3.06. The van der Waals surface area contributed by atoms with E-state index in [1.807, 2.05) is 0 Å². The lowest BCUT2D eigenvalue weighted by Crippen LogP contribution is -2.20. The normalized spacial score (nSPS) is 15.9. The van der Waals surface area contributed by atoms with Crippen molar-refractivity contribution in [2.75, 3.05) is 0 Å². The van der Waals surface area contributed by atoms with Gasteiger partial charge in [-0.2, -0.15) is 0 Å². The summed E-state index contributed by atoms with van der Waals surface area (Å²) in [7, 11) is 0. The maximum absolute atomic E-state index is 9.79. The molecule has 2 heteroatoms. The molecule has 0 saturated heterocycles. The maximum Gasteiger partial charge on any atom is 0.110 e. The zero-order valence-corrected chi connectivity index (χ0v) is 6.79. The van der Waals surface area contributed by atoms with E-state index in [0.717, 1.165) is 5.56 Å². The van der Waals surface area contributed by atoms with E-state index in [9.17, 15) is 5.11 Å². The highest BCUT2D eigenvalue weighted by atomic mass is 16.3. The first-order chi connectivity index (χ1) is 5.05. The molecule has 1 N–H and O–H groups in total. The minimum absolute atomic E-state index is 0.707. The van der Waals surface area contributed by atoms with E-state index in [2.05, 4.69) is 6.58 Å². The quantitative estimate of drug-likeness (QED) is 0.658. The summed E-state index contributed by atoms with van der Waals surface area (Å²) in [5, 5.41) is 9.79. The van der Waals surface area contributed by atoms with E-state index >= 15 is 0 Å². The van der Waals surface area contributed by atoms with E-state index in [1.54, 1.807) is 19.9 Å². The molecule has 60 valence electrons. The van der Waals surface area contributed by atoms with Gasteiger partial charge in [0, 0.05) is 5.56 Å². The van der Waals surface area contributed by atoms with Gasteiger partial charge in [0.1, 0.15) is 5.60 Å². The lowest BCUT2D eigenvalue weighted by Gasteiger charge is -2.21. The van der Waals surface area contributed by atoms with Crippen LogP contribution in [0.15, 0.2) is 35.2 Å². The lowest BCUT2D eigenvalue weighted by molar-refractivity contribution is 0.0973. The smallest absolute Gasteiger partial charge is 0.110 e. The van der Waals surface area contributed by atoms with E-state index in [-0.39, 0.29) is 0 Å². The van der Waals surface area contributed by atoms with Gasteiger partial charge in [-0.15, -0.1) is 0 Å². The fourth-order valence-corrected chi connectivity index (χ4v) is 0.788. The van der Waals surface area contributed by atoms with Crippen molar-refractivity contribution in [1.82, 2.24) is 0 Å². The van der Waals surface area contributed by atoms with Crippen molar-refractivity contribution >= 4 is 0 Å². The summed E-state index contributed by atoms with van der Waals surface area (Å²) >= 11 is 0. The van der Waals surface area contributed by atoms with Crippen LogP contribution in [0.3, 0.4) is 0 Å². The van der Waals surface area contributed by atoms with Crippen molar-refractivity contribution in [2.24, 2.45) is 0 Å². The summed E-state index contributed by atoms with van der Waals surface area (Å²) in [5.74, 6) is 0. The second-order valence-electron chi connectivity index (χ2n) is 2.86. The number of hydrogen-bond donors (Lipinski definition) is 1. The molecule has 1 rings (SSSR count). The minimum atomic E-state index is -0.965. The lowest BCUT2D eigenvalue weighted by atomic mass is 9.92. The summed E-state index contributed by atoms with van der Waals surface area (Å²) in [4.78, 5) is 0. The SMILES string of the molecule is C=C(C)C(C)(O)c1ccoc1. The molecule has 0 radical (unpaired) electrons. The molecule has 0 amide bonds. The van der Waals surface area contributed by atoms with E-state index in [0.29, 0.717) is 5.57 Å². The fraction of sp³-hybridized carbons (Fsp3) is 0.333. The molecule has 1 unspecified atom stereocenters. The molecular weight excluding hydrogens is 140 g/mol. The monoisotopic (exact) mass is 152 g/mol. The minimum Gasteiger partial charge on any atom is -0.472 e. The van der Waals surface area contributed by atoms with Crippen molar-refractivity contribution in [3.8, 4) is 0 Å². The topological polar surface area (TPSA) is 33.4 Å². The highest BCUT2D eigenvalue weighted by Gasteiger charge is 2.24. The Balaban J connectivity index is 3.00. The predicted octanol–water partition coefficient (Wildman–Crippen LogP) is 2.06. The van der Waals surface area contributed by atoms with Crippen LogP contribution in [0.25, 0.3) is 0 Å². The largest absolute Gasteiger partial charge is 0.472 e. The Morgan fingerprint density at radius 3 is 2.73 bits per heavy atom. The number of aliphatic hydroxyl groups is 1. The van der Waals surface area contributed by atoms with Gasteiger partial charge in [0.15, 0.2) is 0 Å². The maximum atomic E-state index is 9.79. The standard InChI is InChI=1S/C9H12O2/c1-7(2)9(3,10)8-4-5-11-6-8/h4-6,10H,1H2,2-3H3. The Hall–Kier alpha value is -1.02. The van der Waals surface area contributed by atoms with Gasteiger partial charge >= 0.3 is 0 Å². The Kier molecular flexibility index (Phi) is 1.87. The third-order valence-electron chi connectivity index (χ3n) is 1.91. The van der Waals surface area contributed by atoms with Crippen LogP contribution in [0.4, 0.5) is 0 Å². The van der Waals surface area contributed by atoms with Crippen LogP contribution >= 0.6 is 0 Å². The molecule has 0 fully saturated rings. The first-order valence-corrected chi connectivity index (χ1v) is 3.46. The second-order valence-corrected chi connectivity index (χ2v) is 2.86. The average Bonchev–Trinajstić information content (AvgIpc) is 2.37. The van der Waals surface area contributed by atoms with E-state index in [4.69, 9.17) is 4.42 Å². The van der Waals surface area contributed by atoms with Crippen molar-refractivity contribution in [3.05, 3.63) is 36.3 Å². The highest BCUT2D eigenvalue weighted by molar-refractivity contribution is 5.25. The van der Waals surface area contributed by atoms with Gasteiger partial charge < -0.3 is 9.52 Å². The van der Waals surface area contributed by atoms with Crippen molar-refractivity contribution < 1.29 is 9.52 Å². The van der Waals surface area contributed by atoms with Crippen LogP contribution in [0.2, 0.25) is 0 Å². The highest BCUT2D eigenvalue weighted by Crippen LogP contribution is 2.27. The molecular formula is C9H12O2. The second kappa shape index (κ2) is 2.55. The Morgan fingerprint density at radius 1 is 1.73 bits per heavy atom. The van der Waals surface area contributed by atoms with Gasteiger partial charge in [0.05, 0.1) is 12.5 Å². The summed E-state index contributed by atoms with van der Waals surface area (Å²) in [6, 6.07) is 1.73. The van der Waals surface area contributed by atoms with Gasteiger partial charge in [0.25, 0.3) is 0 Å². The van der Waals surface area contributed by atoms with Crippen LogP contribution in [0, 0.1) is 0 Å². The summed E-state index contributed by atoms with van der Waals surface area (Å²) in [5.41, 5.74) is 0.483. The average molecular weight is 152 g/mol. The molecule has 1 aromatic rings. The Morgan fingerprint density at radius 2 is 2.36 bits per heavy atom. The van der Waals surface area contributed by atoms with Crippen LogP contribution in [-0.4, -0.2) is 5.11 Å². The van der Waals surface area contributed by atoms with Gasteiger partial charge in [0.2, 0.25) is 0 Å². The molecule has 0 aliphatic heterocycles. The Labute approximate surface area is 66.2 Å². The fourth-order valence-electron chi connectivity index (χ4n) is 0.788. The molecule has 0 spiro atoms. The molecule has 0 aliphatic carbocycles. The van der Waals surface area contributed by atoms with Gasteiger partial charge in [-0.1, -0.05) is 6.58 Å². The summed E-state index contributed by atoms with van der Waals surface area (Å²) in [6.45, 7) is 7.17. The zero-order chi connectivity index (χ0) is 8.48. The molecule has 0 aromatic carbocycles. The number of hydrogen-bond acceptors (Lipinski definition) is 2. The molecule has 0 aliphatic rings. The van der Waals surface area contributed by atoms with Crippen LogP contribution in [0.1, 0.15) is 19.4 Å². The van der Waals surface area contributed by atoms with Crippen molar-refractivity contribution in [3.63, 3.8) is 0 Å². The van der Waals surface area contributed by atoms with Gasteiger partial charge in [-0.3, -0.25) is 0 Å². The first-order valence-electron chi connectivity index (χ1n) is 3.46. The third kappa shape index (κ3) is 1.35. The van der Waals surface area contributed by atoms with Crippen molar-refractivity contribution in [2.45, 2.75) is 19.4 Å². The van der Waals surface area contributed by atoms with Crippen LogP contribution in [0.5, 0.6) is 0 Å². The molecule has 1 heterocycles. The molecule has 0 saturated carbocycles. The van der Waals surface area contributed by atoms with Gasteiger partial charge in [-0.25, -0.2) is 0 Å². The van der Waals surface area contributed by atoms with E-state index in [1.165, 1.54) is 12.5 Å². The molecule has 1 aromatic heterocycles. The van der Waals surface area contributed by atoms with Crippen LogP contribution < -0.4 is 0 Å². The van der Waals surface area contributed by atoms with E-state index < -0.39 is 5.60 Å². The zero-order valence-electron chi connectivity index (χ0n) is 6.79. The molecule has 11 heavy (non-hydrogen) atoms. The summed E-state index contributed by atoms with van der Waals surface area (Å²) < 4.78 is 4.85. The molecule has 2 nitrogen and oxygen atoms in total. The molecule has 1 atom stereocenters. The van der Waals surface area contributed by atoms with Gasteiger partial charge in [-0.05, 0) is 25.5 Å². The number of rotatable bonds is 2. The number of furan rings is 1. The van der Waals surface area contributed by atoms with Crippen LogP contribution in [-0.2, 0) is 5.60 Å². The Bertz CT molecular complexity index is 245. The predicted molar refractivity (Wildman–Crippen MR) is 43.1 cm³/mol.